The summed E-state index contributed by atoms with van der Waals surface area (Å²) in [7, 11) is 0. The van der Waals surface area contributed by atoms with Gasteiger partial charge < -0.3 is 4.74 Å². The Bertz CT molecular complexity index is 680. The number of allylic oxidation sites excluding steroid dienone is 1. The Morgan fingerprint density at radius 3 is 2.21 bits per heavy atom. The highest BCUT2D eigenvalue weighted by molar-refractivity contribution is 5.74. The molecule has 124 valence electrons. The fourth-order valence-electron chi connectivity index (χ4n) is 3.30. The summed E-state index contributed by atoms with van der Waals surface area (Å²) in [6.45, 7) is 3.97. The number of carbonyl (C=O) groups is 1. The zero-order chi connectivity index (χ0) is 16.8. The quantitative estimate of drug-likeness (QED) is 0.534. The average Bonchev–Trinajstić information content (AvgIpc) is 2.64. The van der Waals surface area contributed by atoms with Gasteiger partial charge in [0.1, 0.15) is 5.76 Å². The van der Waals surface area contributed by atoms with Crippen LogP contribution in [-0.2, 0) is 16.0 Å². The maximum absolute atomic E-state index is 12.1. The van der Waals surface area contributed by atoms with Gasteiger partial charge in [-0.25, -0.2) is 0 Å². The average molecular weight is 320 g/mol. The number of hydrogen-bond donors (Lipinski definition) is 0. The summed E-state index contributed by atoms with van der Waals surface area (Å²) in [6, 6.07) is 18.3. The van der Waals surface area contributed by atoms with Crippen LogP contribution >= 0.6 is 0 Å². The number of hydrogen-bond acceptors (Lipinski definition) is 2. The van der Waals surface area contributed by atoms with Gasteiger partial charge in [0, 0.05) is 5.92 Å². The van der Waals surface area contributed by atoms with Gasteiger partial charge in [-0.3, -0.25) is 4.79 Å². The normalized spacial score (nSPS) is 15.0. The van der Waals surface area contributed by atoms with Gasteiger partial charge in [-0.1, -0.05) is 80.4 Å². The van der Waals surface area contributed by atoms with Crippen LogP contribution in [0.4, 0.5) is 0 Å². The van der Waals surface area contributed by atoms with Gasteiger partial charge in [0.05, 0.1) is 6.42 Å². The molecule has 1 saturated carbocycles. The van der Waals surface area contributed by atoms with E-state index in [1.807, 2.05) is 42.5 Å². The fraction of sp³-hybridized carbons (Fsp3) is 0.318. The Morgan fingerprint density at radius 1 is 0.917 bits per heavy atom. The van der Waals surface area contributed by atoms with E-state index in [9.17, 15) is 4.79 Å². The summed E-state index contributed by atoms with van der Waals surface area (Å²) >= 11 is 0. The van der Waals surface area contributed by atoms with E-state index >= 15 is 0 Å². The van der Waals surface area contributed by atoms with Crippen LogP contribution in [0.1, 0.15) is 37.7 Å². The molecule has 0 N–H and O–H groups in total. The smallest absolute Gasteiger partial charge is 0.315 e. The summed E-state index contributed by atoms with van der Waals surface area (Å²) in [6.07, 6.45) is 6.19. The molecule has 1 aliphatic rings. The van der Waals surface area contributed by atoms with Crippen molar-refractivity contribution in [3.05, 3.63) is 72.5 Å². The van der Waals surface area contributed by atoms with Gasteiger partial charge in [0.2, 0.25) is 0 Å². The van der Waals surface area contributed by atoms with Crippen LogP contribution in [0.5, 0.6) is 0 Å². The molecular weight excluding hydrogens is 296 g/mol. The molecule has 0 aromatic heterocycles. The third-order valence-electron chi connectivity index (χ3n) is 4.71. The van der Waals surface area contributed by atoms with Crippen molar-refractivity contribution in [2.75, 3.05) is 0 Å². The highest BCUT2D eigenvalue weighted by atomic mass is 16.5. The molecule has 2 aromatic rings. The third kappa shape index (κ3) is 4.35. The van der Waals surface area contributed by atoms with Crippen LogP contribution < -0.4 is 0 Å². The van der Waals surface area contributed by atoms with Gasteiger partial charge in [-0.05, 0) is 29.5 Å². The second kappa shape index (κ2) is 7.96. The minimum absolute atomic E-state index is 0.210. The third-order valence-corrected chi connectivity index (χ3v) is 4.71. The highest BCUT2D eigenvalue weighted by Crippen LogP contribution is 2.29. The maximum atomic E-state index is 12.1. The topological polar surface area (TPSA) is 26.3 Å². The standard InChI is InChI=1S/C22H24O2/c1-17(19-8-4-2-5-9-19)24-22(23)16-18-12-14-21(15-13-18)20-10-6-3-7-11-20/h3,6-7,10-15,19H,1-2,4-5,8-9,16H2. The minimum atomic E-state index is -0.210. The van der Waals surface area contributed by atoms with Gasteiger partial charge in [0.15, 0.2) is 0 Å². The number of esters is 1. The Morgan fingerprint density at radius 2 is 1.54 bits per heavy atom. The summed E-state index contributed by atoms with van der Waals surface area (Å²) < 4.78 is 5.48. The van der Waals surface area contributed by atoms with Gasteiger partial charge in [0.25, 0.3) is 0 Å². The second-order valence-corrected chi connectivity index (χ2v) is 6.52. The molecule has 0 aliphatic heterocycles. The molecule has 0 saturated heterocycles. The molecule has 1 fully saturated rings. The molecule has 0 spiro atoms. The molecular formula is C22H24O2. The van der Waals surface area contributed by atoms with Crippen molar-refractivity contribution < 1.29 is 9.53 Å². The van der Waals surface area contributed by atoms with E-state index < -0.39 is 0 Å². The predicted octanol–water partition coefficient (Wildman–Crippen LogP) is 5.53. The van der Waals surface area contributed by atoms with Crippen molar-refractivity contribution in [1.82, 2.24) is 0 Å². The van der Waals surface area contributed by atoms with Crippen molar-refractivity contribution in [2.45, 2.75) is 38.5 Å². The zero-order valence-electron chi connectivity index (χ0n) is 14.0. The van der Waals surface area contributed by atoms with Gasteiger partial charge in [-0.2, -0.15) is 0 Å². The molecule has 0 heterocycles. The van der Waals surface area contributed by atoms with E-state index in [-0.39, 0.29) is 5.97 Å². The first-order valence-corrected chi connectivity index (χ1v) is 8.76. The Labute approximate surface area is 144 Å². The summed E-state index contributed by atoms with van der Waals surface area (Å²) in [5, 5.41) is 0. The zero-order valence-corrected chi connectivity index (χ0v) is 14.0. The summed E-state index contributed by atoms with van der Waals surface area (Å²) in [5.41, 5.74) is 3.30. The van der Waals surface area contributed by atoms with E-state index in [2.05, 4.69) is 18.7 Å². The summed E-state index contributed by atoms with van der Waals surface area (Å²) in [5.74, 6) is 0.793. The van der Waals surface area contributed by atoms with Crippen molar-refractivity contribution >= 4 is 5.97 Å². The first kappa shape index (κ1) is 16.5. The van der Waals surface area contributed by atoms with Crippen molar-refractivity contribution in [3.8, 4) is 11.1 Å². The molecule has 0 atom stereocenters. The number of carbonyl (C=O) groups excluding carboxylic acids is 1. The second-order valence-electron chi connectivity index (χ2n) is 6.52. The molecule has 3 rings (SSSR count). The molecule has 0 unspecified atom stereocenters. The first-order chi connectivity index (χ1) is 11.7. The molecule has 2 nitrogen and oxygen atoms in total. The van der Waals surface area contributed by atoms with E-state index in [0.717, 1.165) is 24.0 Å². The summed E-state index contributed by atoms with van der Waals surface area (Å²) in [4.78, 5) is 12.1. The van der Waals surface area contributed by atoms with Crippen LogP contribution in [0, 0.1) is 5.92 Å². The van der Waals surface area contributed by atoms with Crippen LogP contribution in [-0.4, -0.2) is 5.97 Å². The van der Waals surface area contributed by atoms with E-state index in [0.29, 0.717) is 18.1 Å². The lowest BCUT2D eigenvalue weighted by Gasteiger charge is -2.22. The van der Waals surface area contributed by atoms with E-state index in [1.54, 1.807) is 0 Å². The van der Waals surface area contributed by atoms with Crippen molar-refractivity contribution in [3.63, 3.8) is 0 Å². The minimum Gasteiger partial charge on any atom is -0.431 e. The van der Waals surface area contributed by atoms with Crippen molar-refractivity contribution in [1.29, 1.82) is 0 Å². The predicted molar refractivity (Wildman–Crippen MR) is 97.4 cm³/mol. The Kier molecular flexibility index (Phi) is 5.47. The highest BCUT2D eigenvalue weighted by Gasteiger charge is 2.19. The fourth-order valence-corrected chi connectivity index (χ4v) is 3.30. The lowest BCUT2D eigenvalue weighted by atomic mass is 9.88. The van der Waals surface area contributed by atoms with Crippen LogP contribution in [0.2, 0.25) is 0 Å². The van der Waals surface area contributed by atoms with Crippen LogP contribution in [0.15, 0.2) is 66.9 Å². The molecule has 2 heteroatoms. The molecule has 24 heavy (non-hydrogen) atoms. The van der Waals surface area contributed by atoms with Crippen LogP contribution in [0.3, 0.4) is 0 Å². The lowest BCUT2D eigenvalue weighted by Crippen LogP contribution is -2.15. The number of ether oxygens (including phenoxy) is 1. The number of benzene rings is 2. The monoisotopic (exact) mass is 320 g/mol. The molecule has 1 aliphatic carbocycles. The maximum Gasteiger partial charge on any atom is 0.315 e. The van der Waals surface area contributed by atoms with Gasteiger partial charge in [-0.15, -0.1) is 0 Å². The van der Waals surface area contributed by atoms with Crippen LogP contribution in [0.25, 0.3) is 11.1 Å². The molecule has 0 radical (unpaired) electrons. The van der Waals surface area contributed by atoms with Crippen molar-refractivity contribution in [2.24, 2.45) is 5.92 Å². The first-order valence-electron chi connectivity index (χ1n) is 8.76. The molecule has 0 amide bonds. The Balaban J connectivity index is 1.55. The molecule has 2 aromatic carbocycles. The lowest BCUT2D eigenvalue weighted by molar-refractivity contribution is -0.139. The Hall–Kier alpha value is -2.35. The largest absolute Gasteiger partial charge is 0.431 e. The van der Waals surface area contributed by atoms with E-state index in [1.165, 1.54) is 24.8 Å². The van der Waals surface area contributed by atoms with E-state index in [4.69, 9.17) is 4.74 Å². The number of rotatable bonds is 5. The molecule has 0 bridgehead atoms. The van der Waals surface area contributed by atoms with Gasteiger partial charge >= 0.3 is 5.97 Å². The SMILES string of the molecule is C=C(OC(=O)Cc1ccc(-c2ccccc2)cc1)C1CCCCC1.